The van der Waals surface area contributed by atoms with Crippen LogP contribution in [0.1, 0.15) is 47.3 Å². The van der Waals surface area contributed by atoms with Crippen molar-refractivity contribution >= 4 is 17.6 Å². The van der Waals surface area contributed by atoms with Crippen molar-refractivity contribution < 1.29 is 14.7 Å². The van der Waals surface area contributed by atoms with Crippen LogP contribution in [0, 0.1) is 6.92 Å². The van der Waals surface area contributed by atoms with Gasteiger partial charge in [0, 0.05) is 13.0 Å². The standard InChI is InChI=1S/C17H17NO3.C7H9N.C2H6/c1-12-7-9-15(14(11-12)17(20)21)18-16(19)10-8-13-5-3-2-4-6-13;8-6-7-4-2-1-3-5-7;1-2/h2-7,9,11H,8,10H2,1H3,(H,18,19)(H,20,21);1-5H,6,8H2;1-2H3. The molecule has 0 radical (unpaired) electrons. The van der Waals surface area contributed by atoms with Crippen LogP contribution in [-0.4, -0.2) is 17.0 Å². The first-order valence-corrected chi connectivity index (χ1v) is 10.4. The highest BCUT2D eigenvalue weighted by Gasteiger charge is 2.12. The van der Waals surface area contributed by atoms with Crippen LogP contribution in [-0.2, 0) is 17.8 Å². The van der Waals surface area contributed by atoms with Gasteiger partial charge in [-0.05, 0) is 36.6 Å². The number of benzene rings is 3. The minimum atomic E-state index is -1.04. The summed E-state index contributed by atoms with van der Waals surface area (Å²) in [5, 5.41) is 11.8. The molecule has 5 nitrogen and oxygen atoms in total. The molecule has 0 aliphatic rings. The molecule has 4 N–H and O–H groups in total. The number of nitrogens with one attached hydrogen (secondary N) is 1. The van der Waals surface area contributed by atoms with E-state index < -0.39 is 5.97 Å². The van der Waals surface area contributed by atoms with Gasteiger partial charge in [-0.15, -0.1) is 0 Å². The number of carbonyl (C=O) groups is 2. The highest BCUT2D eigenvalue weighted by Crippen LogP contribution is 2.18. The van der Waals surface area contributed by atoms with Crippen molar-refractivity contribution in [2.75, 3.05) is 5.32 Å². The van der Waals surface area contributed by atoms with Crippen molar-refractivity contribution in [3.63, 3.8) is 0 Å². The lowest BCUT2D eigenvalue weighted by molar-refractivity contribution is -0.116. The lowest BCUT2D eigenvalue weighted by Gasteiger charge is -2.09. The van der Waals surface area contributed by atoms with Crippen LogP contribution < -0.4 is 11.1 Å². The Hall–Kier alpha value is -3.44. The third-order valence-electron chi connectivity index (χ3n) is 4.24. The molecule has 0 atom stereocenters. The fourth-order valence-electron chi connectivity index (χ4n) is 2.67. The second-order valence-electron chi connectivity index (χ2n) is 6.58. The molecule has 3 aromatic rings. The monoisotopic (exact) mass is 420 g/mol. The largest absolute Gasteiger partial charge is 0.478 e. The second kappa shape index (κ2) is 14.5. The van der Waals surface area contributed by atoms with E-state index >= 15 is 0 Å². The first-order valence-electron chi connectivity index (χ1n) is 10.4. The van der Waals surface area contributed by atoms with Gasteiger partial charge in [0.15, 0.2) is 0 Å². The van der Waals surface area contributed by atoms with E-state index in [-0.39, 0.29) is 11.5 Å². The van der Waals surface area contributed by atoms with E-state index in [0.717, 1.165) is 11.1 Å². The Morgan fingerprint density at radius 3 is 1.90 bits per heavy atom. The third kappa shape index (κ3) is 9.74. The van der Waals surface area contributed by atoms with Gasteiger partial charge in [0.25, 0.3) is 0 Å². The summed E-state index contributed by atoms with van der Waals surface area (Å²) in [5.41, 5.74) is 8.91. The molecule has 1 amide bonds. The number of aromatic carboxylic acids is 1. The average Bonchev–Trinajstić information content (AvgIpc) is 2.81. The quantitative estimate of drug-likeness (QED) is 0.495. The number of hydrogen-bond donors (Lipinski definition) is 3. The van der Waals surface area contributed by atoms with Crippen molar-refractivity contribution in [3.8, 4) is 0 Å². The van der Waals surface area contributed by atoms with Gasteiger partial charge in [0.1, 0.15) is 0 Å². The molecule has 0 saturated heterocycles. The minimum absolute atomic E-state index is 0.114. The summed E-state index contributed by atoms with van der Waals surface area (Å²) in [6.07, 6.45) is 0.942. The Balaban J connectivity index is 0.000000400. The molecule has 0 bridgehead atoms. The van der Waals surface area contributed by atoms with E-state index in [1.165, 1.54) is 5.56 Å². The van der Waals surface area contributed by atoms with E-state index in [2.05, 4.69) is 5.32 Å². The topological polar surface area (TPSA) is 92.4 Å². The summed E-state index contributed by atoms with van der Waals surface area (Å²) < 4.78 is 0. The number of hydrogen-bond acceptors (Lipinski definition) is 3. The van der Waals surface area contributed by atoms with Crippen LogP contribution in [0.15, 0.2) is 78.9 Å². The molecule has 0 spiro atoms. The van der Waals surface area contributed by atoms with Crippen LogP contribution in [0.25, 0.3) is 0 Å². The molecule has 0 aliphatic heterocycles. The molecular weight excluding hydrogens is 388 g/mol. The molecule has 0 fully saturated rings. The number of anilines is 1. The van der Waals surface area contributed by atoms with Crippen molar-refractivity contribution in [1.29, 1.82) is 0 Å². The van der Waals surface area contributed by atoms with E-state index in [1.54, 1.807) is 18.2 Å². The molecule has 0 saturated carbocycles. The van der Waals surface area contributed by atoms with Crippen molar-refractivity contribution in [3.05, 3.63) is 101 Å². The van der Waals surface area contributed by atoms with E-state index in [1.807, 2.05) is 81.4 Å². The van der Waals surface area contributed by atoms with Gasteiger partial charge < -0.3 is 16.2 Å². The summed E-state index contributed by atoms with van der Waals surface area (Å²) in [5.74, 6) is -1.23. The van der Waals surface area contributed by atoms with Crippen LogP contribution in [0.2, 0.25) is 0 Å². The SMILES string of the molecule is CC.Cc1ccc(NC(=O)CCc2ccccc2)c(C(=O)O)c1.NCc1ccccc1. The molecule has 0 heterocycles. The van der Waals surface area contributed by atoms with Crippen molar-refractivity contribution in [2.45, 2.75) is 40.2 Å². The highest BCUT2D eigenvalue weighted by atomic mass is 16.4. The summed E-state index contributed by atoms with van der Waals surface area (Å²) in [6.45, 7) is 6.45. The van der Waals surface area contributed by atoms with Gasteiger partial charge in [-0.1, -0.05) is 86.1 Å². The first kappa shape index (κ1) is 25.6. The molecule has 0 aromatic heterocycles. The number of carboxylic acids is 1. The van der Waals surface area contributed by atoms with Crippen molar-refractivity contribution in [2.24, 2.45) is 5.73 Å². The molecule has 0 unspecified atom stereocenters. The average molecular weight is 421 g/mol. The van der Waals surface area contributed by atoms with Gasteiger partial charge in [0.05, 0.1) is 11.3 Å². The molecule has 0 aliphatic carbocycles. The predicted molar refractivity (Wildman–Crippen MR) is 127 cm³/mol. The summed E-state index contributed by atoms with van der Waals surface area (Å²) in [7, 11) is 0. The Kier molecular flexibility index (Phi) is 12.0. The molecule has 5 heteroatoms. The molecule has 3 aromatic carbocycles. The second-order valence-corrected chi connectivity index (χ2v) is 6.58. The van der Waals surface area contributed by atoms with Crippen LogP contribution in [0.5, 0.6) is 0 Å². The smallest absolute Gasteiger partial charge is 0.337 e. The van der Waals surface area contributed by atoms with Crippen LogP contribution in [0.4, 0.5) is 5.69 Å². The summed E-state index contributed by atoms with van der Waals surface area (Å²) >= 11 is 0. The van der Waals surface area contributed by atoms with Crippen LogP contribution >= 0.6 is 0 Å². The van der Waals surface area contributed by atoms with Gasteiger partial charge in [-0.25, -0.2) is 4.79 Å². The summed E-state index contributed by atoms with van der Waals surface area (Å²) in [6, 6.07) is 24.6. The van der Waals surface area contributed by atoms with E-state index in [0.29, 0.717) is 25.1 Å². The van der Waals surface area contributed by atoms with E-state index in [4.69, 9.17) is 10.8 Å². The Morgan fingerprint density at radius 1 is 0.871 bits per heavy atom. The third-order valence-corrected chi connectivity index (χ3v) is 4.24. The first-order chi connectivity index (χ1) is 15.0. The lowest BCUT2D eigenvalue weighted by Crippen LogP contribution is -2.15. The normalized spacial score (nSPS) is 9.42. The lowest BCUT2D eigenvalue weighted by atomic mass is 10.1. The minimum Gasteiger partial charge on any atom is -0.478 e. The van der Waals surface area contributed by atoms with Gasteiger partial charge in [-0.3, -0.25) is 4.79 Å². The summed E-state index contributed by atoms with van der Waals surface area (Å²) in [4.78, 5) is 23.1. The number of aryl methyl sites for hydroxylation is 2. The van der Waals surface area contributed by atoms with Gasteiger partial charge >= 0.3 is 5.97 Å². The molecule has 31 heavy (non-hydrogen) atoms. The highest BCUT2D eigenvalue weighted by molar-refractivity contribution is 6.00. The maximum absolute atomic E-state index is 11.9. The fraction of sp³-hybridized carbons (Fsp3) is 0.231. The number of rotatable bonds is 6. The van der Waals surface area contributed by atoms with E-state index in [9.17, 15) is 9.59 Å². The zero-order valence-electron chi connectivity index (χ0n) is 18.5. The zero-order chi connectivity index (χ0) is 23.1. The number of carbonyl (C=O) groups excluding carboxylic acids is 1. The van der Waals surface area contributed by atoms with Crippen molar-refractivity contribution in [1.82, 2.24) is 0 Å². The number of amides is 1. The molecular formula is C26H32N2O3. The zero-order valence-corrected chi connectivity index (χ0v) is 18.5. The fourth-order valence-corrected chi connectivity index (χ4v) is 2.67. The maximum Gasteiger partial charge on any atom is 0.337 e. The van der Waals surface area contributed by atoms with Gasteiger partial charge in [0.2, 0.25) is 5.91 Å². The Bertz CT molecular complexity index is 926. The Morgan fingerprint density at radius 2 is 1.42 bits per heavy atom. The number of nitrogens with two attached hydrogens (primary N) is 1. The van der Waals surface area contributed by atoms with Crippen LogP contribution in [0.3, 0.4) is 0 Å². The Labute approximate surface area is 184 Å². The van der Waals surface area contributed by atoms with Gasteiger partial charge in [-0.2, -0.15) is 0 Å². The maximum atomic E-state index is 11.9. The predicted octanol–water partition coefficient (Wildman–Crippen LogP) is 5.44. The number of carboxylic acid groups (broad SMARTS) is 1. The molecule has 164 valence electrons. The molecule has 3 rings (SSSR count).